The van der Waals surface area contributed by atoms with E-state index in [0.29, 0.717) is 16.8 Å². The van der Waals surface area contributed by atoms with Crippen LogP contribution in [0, 0.1) is 0 Å². The SMILES string of the molecule is CC(=O)Nc1nccc2c(-c3ccnc(S)n3)c3cccnc3n12. The molecule has 0 aliphatic heterocycles. The normalized spacial score (nSPS) is 11.1. The molecular weight excluding hydrogens is 324 g/mol. The van der Waals surface area contributed by atoms with Crippen LogP contribution in [0.5, 0.6) is 0 Å². The lowest BCUT2D eigenvalue weighted by molar-refractivity contribution is -0.114. The molecule has 7 nitrogen and oxygen atoms in total. The van der Waals surface area contributed by atoms with E-state index in [1.54, 1.807) is 18.6 Å². The van der Waals surface area contributed by atoms with Gasteiger partial charge in [-0.3, -0.25) is 14.5 Å². The lowest BCUT2D eigenvalue weighted by atomic mass is 10.1. The summed E-state index contributed by atoms with van der Waals surface area (Å²) in [5.41, 5.74) is 3.16. The number of pyridine rings is 1. The predicted molar refractivity (Wildman–Crippen MR) is 93.1 cm³/mol. The Balaban J connectivity index is 2.14. The minimum atomic E-state index is -0.200. The van der Waals surface area contributed by atoms with E-state index in [1.807, 2.05) is 28.7 Å². The van der Waals surface area contributed by atoms with E-state index < -0.39 is 0 Å². The summed E-state index contributed by atoms with van der Waals surface area (Å²) in [6, 6.07) is 7.50. The van der Waals surface area contributed by atoms with Crippen molar-refractivity contribution in [3.8, 4) is 11.3 Å². The third kappa shape index (κ3) is 2.28. The second-order valence-corrected chi connectivity index (χ2v) is 5.56. The topological polar surface area (TPSA) is 85.1 Å². The predicted octanol–water partition coefficient (Wildman–Crippen LogP) is 2.59. The van der Waals surface area contributed by atoms with Gasteiger partial charge in [0.25, 0.3) is 0 Å². The minimum absolute atomic E-state index is 0.200. The first-order chi connectivity index (χ1) is 11.6. The van der Waals surface area contributed by atoms with Crippen LogP contribution in [-0.2, 0) is 4.79 Å². The van der Waals surface area contributed by atoms with Gasteiger partial charge in [0.1, 0.15) is 5.65 Å². The number of anilines is 1. The van der Waals surface area contributed by atoms with Crippen molar-refractivity contribution in [2.24, 2.45) is 0 Å². The average molecular weight is 336 g/mol. The maximum Gasteiger partial charge on any atom is 0.223 e. The molecule has 4 rings (SSSR count). The Labute approximate surface area is 142 Å². The molecule has 0 saturated heterocycles. The summed E-state index contributed by atoms with van der Waals surface area (Å²) in [6.45, 7) is 1.44. The maximum absolute atomic E-state index is 11.5. The van der Waals surface area contributed by atoms with Crippen LogP contribution >= 0.6 is 12.6 Å². The summed E-state index contributed by atoms with van der Waals surface area (Å²) in [5, 5.41) is 4.04. The van der Waals surface area contributed by atoms with Crippen molar-refractivity contribution in [2.45, 2.75) is 12.1 Å². The molecule has 4 aromatic heterocycles. The fourth-order valence-corrected chi connectivity index (χ4v) is 2.92. The number of aromatic nitrogens is 5. The van der Waals surface area contributed by atoms with Crippen LogP contribution in [0.1, 0.15) is 6.92 Å². The van der Waals surface area contributed by atoms with Crippen LogP contribution in [0.25, 0.3) is 27.8 Å². The van der Waals surface area contributed by atoms with Gasteiger partial charge in [-0.05, 0) is 24.3 Å². The first-order valence-corrected chi connectivity index (χ1v) is 7.64. The quantitative estimate of drug-likeness (QED) is 0.434. The molecule has 0 unspecified atom stereocenters. The zero-order valence-electron chi connectivity index (χ0n) is 12.6. The molecule has 1 amide bonds. The number of carbonyl (C=O) groups excluding carboxylic acids is 1. The Morgan fingerprint density at radius 1 is 1.12 bits per heavy atom. The van der Waals surface area contributed by atoms with Crippen LogP contribution in [0.3, 0.4) is 0 Å². The van der Waals surface area contributed by atoms with Gasteiger partial charge in [0, 0.05) is 36.5 Å². The lowest BCUT2D eigenvalue weighted by Crippen LogP contribution is -2.11. The van der Waals surface area contributed by atoms with Gasteiger partial charge in [-0.25, -0.2) is 19.9 Å². The molecule has 4 heterocycles. The number of nitrogens with zero attached hydrogens (tertiary/aromatic N) is 5. The zero-order chi connectivity index (χ0) is 16.7. The fraction of sp³-hybridized carbons (Fsp3) is 0.0625. The van der Waals surface area contributed by atoms with Gasteiger partial charge < -0.3 is 0 Å². The van der Waals surface area contributed by atoms with E-state index in [0.717, 1.165) is 22.2 Å². The molecule has 0 atom stereocenters. The van der Waals surface area contributed by atoms with Crippen LogP contribution < -0.4 is 5.32 Å². The molecule has 118 valence electrons. The Kier molecular flexibility index (Phi) is 3.39. The Morgan fingerprint density at radius 2 is 1.96 bits per heavy atom. The summed E-state index contributed by atoms with van der Waals surface area (Å²) < 4.78 is 1.81. The number of nitrogens with one attached hydrogen (secondary N) is 1. The number of carbonyl (C=O) groups is 1. The van der Waals surface area contributed by atoms with Crippen molar-refractivity contribution >= 4 is 41.0 Å². The molecule has 8 heteroatoms. The van der Waals surface area contributed by atoms with Gasteiger partial charge in [0.05, 0.1) is 11.2 Å². The summed E-state index contributed by atoms with van der Waals surface area (Å²) in [5.74, 6) is 0.212. The van der Waals surface area contributed by atoms with Crippen LogP contribution in [0.2, 0.25) is 0 Å². The van der Waals surface area contributed by atoms with Gasteiger partial charge in [0.2, 0.25) is 11.9 Å². The van der Waals surface area contributed by atoms with Crippen molar-refractivity contribution in [1.29, 1.82) is 0 Å². The maximum atomic E-state index is 11.5. The number of amides is 1. The highest BCUT2D eigenvalue weighted by Crippen LogP contribution is 2.34. The van der Waals surface area contributed by atoms with Gasteiger partial charge >= 0.3 is 0 Å². The molecule has 0 saturated carbocycles. The Morgan fingerprint density at radius 3 is 2.75 bits per heavy atom. The second kappa shape index (κ2) is 5.57. The summed E-state index contributed by atoms with van der Waals surface area (Å²) in [7, 11) is 0. The minimum Gasteiger partial charge on any atom is -0.296 e. The van der Waals surface area contributed by atoms with Gasteiger partial charge in [-0.15, -0.1) is 12.6 Å². The third-order valence-corrected chi connectivity index (χ3v) is 3.81. The van der Waals surface area contributed by atoms with Crippen LogP contribution in [0.15, 0.2) is 48.0 Å². The average Bonchev–Trinajstić information content (AvgIpc) is 2.89. The third-order valence-electron chi connectivity index (χ3n) is 3.59. The first kappa shape index (κ1) is 14.6. The van der Waals surface area contributed by atoms with E-state index in [-0.39, 0.29) is 5.91 Å². The van der Waals surface area contributed by atoms with Gasteiger partial charge in [-0.1, -0.05) is 0 Å². The molecule has 0 spiro atoms. The summed E-state index contributed by atoms with van der Waals surface area (Å²) in [4.78, 5) is 28.7. The summed E-state index contributed by atoms with van der Waals surface area (Å²) >= 11 is 4.23. The van der Waals surface area contributed by atoms with E-state index in [2.05, 4.69) is 37.9 Å². The first-order valence-electron chi connectivity index (χ1n) is 7.19. The lowest BCUT2D eigenvalue weighted by Gasteiger charge is -2.06. The summed E-state index contributed by atoms with van der Waals surface area (Å²) in [6.07, 6.45) is 5.01. The van der Waals surface area contributed by atoms with Crippen molar-refractivity contribution in [3.05, 3.63) is 42.9 Å². The van der Waals surface area contributed by atoms with Crippen molar-refractivity contribution in [3.63, 3.8) is 0 Å². The highest BCUT2D eigenvalue weighted by molar-refractivity contribution is 7.80. The molecule has 1 N–H and O–H groups in total. The number of hydrogen-bond acceptors (Lipinski definition) is 6. The molecule has 0 radical (unpaired) electrons. The van der Waals surface area contributed by atoms with Crippen molar-refractivity contribution < 1.29 is 4.79 Å². The number of fused-ring (bicyclic) bond motifs is 3. The molecule has 0 aliphatic carbocycles. The Hall–Kier alpha value is -3.00. The highest BCUT2D eigenvalue weighted by Gasteiger charge is 2.18. The molecule has 0 fully saturated rings. The van der Waals surface area contributed by atoms with Crippen LogP contribution in [0.4, 0.5) is 5.95 Å². The largest absolute Gasteiger partial charge is 0.296 e. The standard InChI is InChI=1S/C16H12N6OS/c1-9(23)20-15-18-8-5-12-13(11-4-7-19-16(24)21-11)10-3-2-6-17-14(10)22(12)15/h2-8H,1H3,(H,18,20,23)(H,19,21,24). The van der Waals surface area contributed by atoms with Gasteiger partial charge in [-0.2, -0.15) is 0 Å². The number of hydrogen-bond donors (Lipinski definition) is 2. The number of thiol groups is 1. The van der Waals surface area contributed by atoms with Crippen molar-refractivity contribution in [1.82, 2.24) is 24.3 Å². The zero-order valence-corrected chi connectivity index (χ0v) is 13.5. The molecule has 0 bridgehead atoms. The Bertz CT molecular complexity index is 1090. The monoisotopic (exact) mass is 336 g/mol. The fourth-order valence-electron chi connectivity index (χ4n) is 2.75. The van der Waals surface area contributed by atoms with Crippen molar-refractivity contribution in [2.75, 3.05) is 5.32 Å². The van der Waals surface area contributed by atoms with Crippen LogP contribution in [-0.4, -0.2) is 30.2 Å². The molecule has 4 aromatic rings. The van der Waals surface area contributed by atoms with E-state index >= 15 is 0 Å². The van der Waals surface area contributed by atoms with E-state index in [4.69, 9.17) is 0 Å². The molecule has 24 heavy (non-hydrogen) atoms. The van der Waals surface area contributed by atoms with Gasteiger partial charge in [0.15, 0.2) is 5.16 Å². The smallest absolute Gasteiger partial charge is 0.223 e. The molecule has 0 aliphatic rings. The van der Waals surface area contributed by atoms with E-state index in [9.17, 15) is 4.79 Å². The van der Waals surface area contributed by atoms with E-state index in [1.165, 1.54) is 6.92 Å². The molecule has 0 aromatic carbocycles. The second-order valence-electron chi connectivity index (χ2n) is 5.16. The molecular formula is C16H12N6OS. The number of rotatable bonds is 2. The highest BCUT2D eigenvalue weighted by atomic mass is 32.1.